The molecule has 41 heavy (non-hydrogen) atoms. The summed E-state index contributed by atoms with van der Waals surface area (Å²) in [6.45, 7) is 4.02. The lowest BCUT2D eigenvalue weighted by atomic mass is 10.0. The smallest absolute Gasteiger partial charge is 0.262 e. The molecule has 0 aromatic heterocycles. The first kappa shape index (κ1) is 30.3. The summed E-state index contributed by atoms with van der Waals surface area (Å²) in [4.78, 5) is 24.7. The average molecular weight is 680 g/mol. The fraction of sp³-hybridized carbons (Fsp3) is 0.212. The Balaban J connectivity index is 1.22. The van der Waals surface area contributed by atoms with Gasteiger partial charge in [-0.1, -0.05) is 50.2 Å². The van der Waals surface area contributed by atoms with Crippen molar-refractivity contribution in [3.05, 3.63) is 116 Å². The van der Waals surface area contributed by atoms with Crippen LogP contribution in [0.2, 0.25) is 0 Å². The van der Waals surface area contributed by atoms with Crippen LogP contribution in [0.15, 0.2) is 93.9 Å². The first-order valence-electron chi connectivity index (χ1n) is 13.4. The monoisotopic (exact) mass is 678 g/mol. The number of hydrogen-bond donors (Lipinski definition) is 2. The van der Waals surface area contributed by atoms with E-state index in [0.29, 0.717) is 22.9 Å². The molecule has 0 radical (unpaired) electrons. The zero-order valence-electron chi connectivity index (χ0n) is 23.0. The number of halogens is 2. The van der Waals surface area contributed by atoms with E-state index in [9.17, 15) is 9.59 Å². The van der Waals surface area contributed by atoms with Crippen LogP contribution in [0, 0.1) is 0 Å². The van der Waals surface area contributed by atoms with Crippen molar-refractivity contribution in [2.45, 2.75) is 33.1 Å². The fourth-order valence-corrected chi connectivity index (χ4v) is 5.17. The highest BCUT2D eigenvalue weighted by Gasteiger charge is 2.09. The van der Waals surface area contributed by atoms with E-state index in [1.54, 1.807) is 0 Å². The van der Waals surface area contributed by atoms with Crippen molar-refractivity contribution in [3.63, 3.8) is 0 Å². The number of aryl methyl sites for hydroxylation is 2. The third kappa shape index (κ3) is 9.20. The molecule has 2 amide bonds. The van der Waals surface area contributed by atoms with E-state index in [1.807, 2.05) is 84.9 Å². The summed E-state index contributed by atoms with van der Waals surface area (Å²) >= 11 is 6.99. The molecule has 212 valence electrons. The second-order valence-corrected chi connectivity index (χ2v) is 11.2. The fourth-order valence-electron chi connectivity index (χ4n) is 4.09. The van der Waals surface area contributed by atoms with Crippen LogP contribution >= 0.6 is 31.9 Å². The summed E-state index contributed by atoms with van der Waals surface area (Å²) in [6, 6.07) is 27.1. The van der Waals surface area contributed by atoms with Gasteiger partial charge >= 0.3 is 0 Å². The van der Waals surface area contributed by atoms with E-state index in [-0.39, 0.29) is 25.0 Å². The van der Waals surface area contributed by atoms with Gasteiger partial charge in [-0.15, -0.1) is 0 Å². The van der Waals surface area contributed by atoms with Crippen molar-refractivity contribution in [1.82, 2.24) is 0 Å². The standard InChI is InChI=1S/C33H32Br2N2O4/c1-3-22-9-15-30(28(34)18-22)40-20-32(38)36-26-11-5-24(6-12-26)17-25-7-13-27(14-8-25)37-33(39)21-41-31-16-10-23(4-2)19-29(31)35/h5-16,18-19H,3-4,17,20-21H2,1-2H3,(H,36,38)(H,37,39). The van der Waals surface area contributed by atoms with Crippen LogP contribution in [0.4, 0.5) is 11.4 Å². The molecular weight excluding hydrogens is 648 g/mol. The van der Waals surface area contributed by atoms with Crippen LogP contribution in [0.3, 0.4) is 0 Å². The lowest BCUT2D eigenvalue weighted by Crippen LogP contribution is -2.20. The topological polar surface area (TPSA) is 76.7 Å². The molecule has 0 bridgehead atoms. The van der Waals surface area contributed by atoms with Gasteiger partial charge in [-0.05, 0) is 122 Å². The first-order chi connectivity index (χ1) is 19.8. The number of amides is 2. The number of ether oxygens (including phenoxy) is 2. The minimum absolute atomic E-state index is 0.0789. The Kier molecular flexibility index (Phi) is 11.0. The molecule has 0 saturated heterocycles. The summed E-state index contributed by atoms with van der Waals surface area (Å²) in [7, 11) is 0. The van der Waals surface area contributed by atoms with Gasteiger partial charge in [-0.25, -0.2) is 0 Å². The molecule has 0 atom stereocenters. The molecule has 2 N–H and O–H groups in total. The third-order valence-corrected chi connectivity index (χ3v) is 7.65. The molecule has 0 aliphatic carbocycles. The van der Waals surface area contributed by atoms with E-state index in [0.717, 1.165) is 39.3 Å². The molecule has 4 aromatic carbocycles. The molecule has 4 aromatic rings. The summed E-state index contributed by atoms with van der Waals surface area (Å²) in [6.07, 6.45) is 2.59. The molecule has 8 heteroatoms. The van der Waals surface area contributed by atoms with Crippen molar-refractivity contribution in [2.75, 3.05) is 23.8 Å². The number of carbonyl (C=O) groups excluding carboxylic acids is 2. The SMILES string of the molecule is CCc1ccc(OCC(=O)Nc2ccc(Cc3ccc(NC(=O)COc4ccc(CC)cc4Br)cc3)cc2)c(Br)c1. The van der Waals surface area contributed by atoms with Crippen molar-refractivity contribution >= 4 is 55.0 Å². The largest absolute Gasteiger partial charge is 0.483 e. The molecule has 0 unspecified atom stereocenters. The van der Waals surface area contributed by atoms with Crippen LogP contribution in [-0.2, 0) is 28.9 Å². The van der Waals surface area contributed by atoms with Gasteiger partial charge in [-0.2, -0.15) is 0 Å². The second-order valence-electron chi connectivity index (χ2n) is 9.48. The Morgan fingerprint density at radius 1 is 0.585 bits per heavy atom. The van der Waals surface area contributed by atoms with Crippen molar-refractivity contribution in [3.8, 4) is 11.5 Å². The quantitative estimate of drug-likeness (QED) is 0.159. The van der Waals surface area contributed by atoms with Crippen LogP contribution in [0.1, 0.15) is 36.1 Å². The van der Waals surface area contributed by atoms with Gasteiger partial charge in [0.2, 0.25) is 0 Å². The molecule has 0 fully saturated rings. The van der Waals surface area contributed by atoms with Gasteiger partial charge in [0.15, 0.2) is 13.2 Å². The van der Waals surface area contributed by atoms with E-state index in [1.165, 1.54) is 11.1 Å². The highest BCUT2D eigenvalue weighted by atomic mass is 79.9. The summed E-state index contributed by atoms with van der Waals surface area (Å²) in [5, 5.41) is 5.73. The maximum atomic E-state index is 12.4. The summed E-state index contributed by atoms with van der Waals surface area (Å²) in [5.41, 5.74) is 6.00. The average Bonchev–Trinajstić information content (AvgIpc) is 2.97. The number of rotatable bonds is 12. The predicted octanol–water partition coefficient (Wildman–Crippen LogP) is 7.96. The lowest BCUT2D eigenvalue weighted by Gasteiger charge is -2.11. The normalized spacial score (nSPS) is 10.6. The molecule has 4 rings (SSSR count). The van der Waals surface area contributed by atoms with Gasteiger partial charge in [0.1, 0.15) is 11.5 Å². The van der Waals surface area contributed by atoms with Gasteiger partial charge < -0.3 is 20.1 Å². The number of hydrogen-bond acceptors (Lipinski definition) is 4. The highest BCUT2D eigenvalue weighted by molar-refractivity contribution is 9.10. The second kappa shape index (κ2) is 14.8. The minimum atomic E-state index is -0.228. The summed E-state index contributed by atoms with van der Waals surface area (Å²) in [5.74, 6) is 0.818. The van der Waals surface area contributed by atoms with Crippen molar-refractivity contribution in [1.29, 1.82) is 0 Å². The van der Waals surface area contributed by atoms with Crippen LogP contribution in [-0.4, -0.2) is 25.0 Å². The zero-order valence-corrected chi connectivity index (χ0v) is 26.2. The van der Waals surface area contributed by atoms with Gasteiger partial charge in [0.25, 0.3) is 11.8 Å². The number of carbonyl (C=O) groups is 2. The Bertz CT molecular complexity index is 1380. The number of anilines is 2. The van der Waals surface area contributed by atoms with Crippen LogP contribution < -0.4 is 20.1 Å². The van der Waals surface area contributed by atoms with E-state index < -0.39 is 0 Å². The van der Waals surface area contributed by atoms with Crippen molar-refractivity contribution in [2.24, 2.45) is 0 Å². The van der Waals surface area contributed by atoms with E-state index >= 15 is 0 Å². The molecule has 0 spiro atoms. The Morgan fingerprint density at radius 3 is 1.29 bits per heavy atom. The Labute approximate surface area is 257 Å². The first-order valence-corrected chi connectivity index (χ1v) is 15.0. The highest BCUT2D eigenvalue weighted by Crippen LogP contribution is 2.27. The van der Waals surface area contributed by atoms with E-state index in [2.05, 4.69) is 56.3 Å². The molecule has 0 aliphatic rings. The number of nitrogens with one attached hydrogen (secondary N) is 2. The molecule has 0 heterocycles. The van der Waals surface area contributed by atoms with Gasteiger partial charge in [0, 0.05) is 11.4 Å². The van der Waals surface area contributed by atoms with E-state index in [4.69, 9.17) is 9.47 Å². The molecule has 0 aliphatic heterocycles. The predicted molar refractivity (Wildman–Crippen MR) is 171 cm³/mol. The minimum Gasteiger partial charge on any atom is -0.483 e. The third-order valence-electron chi connectivity index (χ3n) is 6.41. The van der Waals surface area contributed by atoms with Gasteiger partial charge in [-0.3, -0.25) is 9.59 Å². The molecular formula is C33H32Br2N2O4. The Morgan fingerprint density at radius 2 is 0.951 bits per heavy atom. The summed E-state index contributed by atoms with van der Waals surface area (Å²) < 4.78 is 13.0. The van der Waals surface area contributed by atoms with Crippen LogP contribution in [0.25, 0.3) is 0 Å². The van der Waals surface area contributed by atoms with Gasteiger partial charge in [0.05, 0.1) is 8.95 Å². The zero-order chi connectivity index (χ0) is 29.2. The maximum absolute atomic E-state index is 12.4. The van der Waals surface area contributed by atoms with Crippen LogP contribution in [0.5, 0.6) is 11.5 Å². The number of benzene rings is 4. The maximum Gasteiger partial charge on any atom is 0.262 e. The Hall–Kier alpha value is -3.62. The molecule has 6 nitrogen and oxygen atoms in total. The lowest BCUT2D eigenvalue weighted by molar-refractivity contribution is -0.118. The van der Waals surface area contributed by atoms with Crippen molar-refractivity contribution < 1.29 is 19.1 Å². The molecule has 0 saturated carbocycles.